The molecule has 0 saturated carbocycles. The van der Waals surface area contributed by atoms with Gasteiger partial charge in [-0.2, -0.15) is 8.75 Å². The summed E-state index contributed by atoms with van der Waals surface area (Å²) in [4.78, 5) is 0. The molecule has 19 heavy (non-hydrogen) atoms. The molecule has 0 unspecified atom stereocenters. The van der Waals surface area contributed by atoms with E-state index >= 15 is 0 Å². The molecule has 1 aromatic heterocycles. The van der Waals surface area contributed by atoms with Crippen molar-refractivity contribution in [3.05, 3.63) is 52.0 Å². The highest BCUT2D eigenvalue weighted by atomic mass is 35.5. The molecule has 1 heterocycles. The number of aromatic nitrogens is 2. The third-order valence-corrected chi connectivity index (χ3v) is 3.83. The zero-order valence-corrected chi connectivity index (χ0v) is 12.1. The molecular weight excluding hydrogens is 301 g/mol. The number of hydrogen-bond acceptors (Lipinski definition) is 4. The van der Waals surface area contributed by atoms with Gasteiger partial charge in [-0.15, -0.1) is 0 Å². The number of halogens is 2. The van der Waals surface area contributed by atoms with Crippen LogP contribution in [0.15, 0.2) is 36.4 Å². The Morgan fingerprint density at radius 1 is 1.11 bits per heavy atom. The van der Waals surface area contributed by atoms with Crippen LogP contribution < -0.4 is 5.32 Å². The van der Waals surface area contributed by atoms with Gasteiger partial charge in [0.05, 0.1) is 22.4 Å². The Kier molecular flexibility index (Phi) is 3.55. The number of rotatable bonds is 3. The van der Waals surface area contributed by atoms with E-state index in [1.807, 2.05) is 36.4 Å². The number of benzene rings is 2. The molecule has 1 N–H and O–H groups in total. The zero-order valence-electron chi connectivity index (χ0n) is 9.73. The number of nitrogens with zero attached hydrogens (tertiary/aromatic N) is 2. The molecular formula is C13H9Cl2N3S. The summed E-state index contributed by atoms with van der Waals surface area (Å²) in [6, 6.07) is 11.4. The zero-order chi connectivity index (χ0) is 13.2. The number of anilines is 1. The number of fused-ring (bicyclic) bond motifs is 1. The second-order valence-corrected chi connectivity index (χ2v) is 5.41. The van der Waals surface area contributed by atoms with E-state index in [-0.39, 0.29) is 0 Å². The van der Waals surface area contributed by atoms with Crippen LogP contribution in [0.1, 0.15) is 5.56 Å². The van der Waals surface area contributed by atoms with Gasteiger partial charge in [0.1, 0.15) is 11.0 Å². The highest BCUT2D eigenvalue weighted by Gasteiger charge is 2.09. The first-order chi connectivity index (χ1) is 9.24. The fourth-order valence-electron chi connectivity index (χ4n) is 1.83. The van der Waals surface area contributed by atoms with Gasteiger partial charge in [-0.25, -0.2) is 0 Å². The van der Waals surface area contributed by atoms with Crippen LogP contribution in [0.3, 0.4) is 0 Å². The molecule has 0 spiro atoms. The van der Waals surface area contributed by atoms with E-state index in [2.05, 4.69) is 14.1 Å². The standard InChI is InChI=1S/C13H9Cl2N3S/c14-9-3-1-2-8(6-9)7-16-12-10(15)4-5-11-13(12)18-19-17-11/h1-6,16H,7H2. The summed E-state index contributed by atoms with van der Waals surface area (Å²) in [7, 11) is 0. The van der Waals surface area contributed by atoms with Crippen LogP contribution >= 0.6 is 34.9 Å². The van der Waals surface area contributed by atoms with Gasteiger partial charge in [-0.1, -0.05) is 35.3 Å². The summed E-state index contributed by atoms with van der Waals surface area (Å²) in [5, 5.41) is 4.66. The van der Waals surface area contributed by atoms with E-state index in [1.165, 1.54) is 11.7 Å². The Morgan fingerprint density at radius 2 is 2.00 bits per heavy atom. The van der Waals surface area contributed by atoms with Gasteiger partial charge < -0.3 is 5.32 Å². The van der Waals surface area contributed by atoms with Gasteiger partial charge in [0.25, 0.3) is 0 Å². The Labute approximate surface area is 124 Å². The Balaban J connectivity index is 1.89. The van der Waals surface area contributed by atoms with Gasteiger partial charge in [-0.05, 0) is 29.8 Å². The molecule has 3 aromatic rings. The van der Waals surface area contributed by atoms with E-state index in [1.54, 1.807) is 0 Å². The monoisotopic (exact) mass is 309 g/mol. The average Bonchev–Trinajstić information content (AvgIpc) is 2.86. The van der Waals surface area contributed by atoms with E-state index in [0.29, 0.717) is 11.6 Å². The minimum Gasteiger partial charge on any atom is -0.378 e. The van der Waals surface area contributed by atoms with Crippen LogP contribution in [0.2, 0.25) is 10.0 Å². The predicted molar refractivity (Wildman–Crippen MR) is 81.2 cm³/mol. The molecule has 2 aromatic carbocycles. The summed E-state index contributed by atoms with van der Waals surface area (Å²) >= 11 is 13.3. The summed E-state index contributed by atoms with van der Waals surface area (Å²) in [5.41, 5.74) is 3.55. The summed E-state index contributed by atoms with van der Waals surface area (Å²) < 4.78 is 8.47. The van der Waals surface area contributed by atoms with Gasteiger partial charge >= 0.3 is 0 Å². The quantitative estimate of drug-likeness (QED) is 0.767. The van der Waals surface area contributed by atoms with Crippen LogP contribution in [0.25, 0.3) is 11.0 Å². The van der Waals surface area contributed by atoms with Crippen molar-refractivity contribution in [1.29, 1.82) is 0 Å². The Bertz CT molecular complexity index is 727. The molecule has 96 valence electrons. The molecule has 0 aliphatic heterocycles. The smallest absolute Gasteiger partial charge is 0.129 e. The number of nitrogens with one attached hydrogen (secondary N) is 1. The van der Waals surface area contributed by atoms with E-state index in [9.17, 15) is 0 Å². The summed E-state index contributed by atoms with van der Waals surface area (Å²) in [5.74, 6) is 0. The van der Waals surface area contributed by atoms with Crippen molar-refractivity contribution in [2.45, 2.75) is 6.54 Å². The molecule has 0 aliphatic carbocycles. The average molecular weight is 310 g/mol. The van der Waals surface area contributed by atoms with Crippen molar-refractivity contribution in [3.63, 3.8) is 0 Å². The molecule has 0 saturated heterocycles. The lowest BCUT2D eigenvalue weighted by molar-refractivity contribution is 1.15. The maximum absolute atomic E-state index is 6.21. The van der Waals surface area contributed by atoms with Crippen molar-refractivity contribution in [2.24, 2.45) is 0 Å². The highest BCUT2D eigenvalue weighted by Crippen LogP contribution is 2.30. The van der Waals surface area contributed by atoms with Crippen LogP contribution in [0.4, 0.5) is 5.69 Å². The molecule has 3 nitrogen and oxygen atoms in total. The van der Waals surface area contributed by atoms with Crippen molar-refractivity contribution >= 4 is 51.7 Å². The van der Waals surface area contributed by atoms with Gasteiger partial charge in [0.2, 0.25) is 0 Å². The fraction of sp³-hybridized carbons (Fsp3) is 0.0769. The van der Waals surface area contributed by atoms with Crippen LogP contribution in [0, 0.1) is 0 Å². The van der Waals surface area contributed by atoms with Crippen LogP contribution in [-0.2, 0) is 6.54 Å². The Morgan fingerprint density at radius 3 is 2.84 bits per heavy atom. The fourth-order valence-corrected chi connectivity index (χ4v) is 2.81. The minimum atomic E-state index is 0.636. The lowest BCUT2D eigenvalue weighted by atomic mass is 10.2. The predicted octanol–water partition coefficient (Wildman–Crippen LogP) is 4.61. The second-order valence-electron chi connectivity index (χ2n) is 4.04. The van der Waals surface area contributed by atoms with Crippen molar-refractivity contribution in [2.75, 3.05) is 5.32 Å². The van der Waals surface area contributed by atoms with Gasteiger partial charge in [0.15, 0.2) is 0 Å². The van der Waals surface area contributed by atoms with Crippen molar-refractivity contribution in [1.82, 2.24) is 8.75 Å². The molecule has 3 rings (SSSR count). The first-order valence-electron chi connectivity index (χ1n) is 5.63. The second kappa shape index (κ2) is 5.33. The lowest BCUT2D eigenvalue weighted by Gasteiger charge is -2.09. The SMILES string of the molecule is Clc1cccc(CNc2c(Cl)ccc3nsnc23)c1. The van der Waals surface area contributed by atoms with Crippen LogP contribution in [0.5, 0.6) is 0 Å². The molecule has 0 bridgehead atoms. The van der Waals surface area contributed by atoms with Crippen molar-refractivity contribution < 1.29 is 0 Å². The van der Waals surface area contributed by atoms with Gasteiger partial charge in [-0.3, -0.25) is 0 Å². The van der Waals surface area contributed by atoms with E-state index in [4.69, 9.17) is 23.2 Å². The Hall–Kier alpha value is -1.36. The largest absolute Gasteiger partial charge is 0.378 e. The summed E-state index contributed by atoms with van der Waals surface area (Å²) in [6.07, 6.45) is 0. The molecule has 0 atom stereocenters. The van der Waals surface area contributed by atoms with Crippen molar-refractivity contribution in [3.8, 4) is 0 Å². The van der Waals surface area contributed by atoms with E-state index in [0.717, 1.165) is 27.3 Å². The first-order valence-corrected chi connectivity index (χ1v) is 7.12. The molecule has 0 radical (unpaired) electrons. The third-order valence-electron chi connectivity index (χ3n) is 2.74. The highest BCUT2D eigenvalue weighted by molar-refractivity contribution is 7.00. The van der Waals surface area contributed by atoms with Crippen LogP contribution in [-0.4, -0.2) is 8.75 Å². The molecule has 0 aliphatic rings. The normalized spacial score (nSPS) is 10.8. The first kappa shape index (κ1) is 12.7. The maximum Gasteiger partial charge on any atom is 0.129 e. The topological polar surface area (TPSA) is 37.8 Å². The lowest BCUT2D eigenvalue weighted by Crippen LogP contribution is -2.00. The van der Waals surface area contributed by atoms with Gasteiger partial charge in [0, 0.05) is 11.6 Å². The van der Waals surface area contributed by atoms with E-state index < -0.39 is 0 Å². The third kappa shape index (κ3) is 2.66. The molecule has 6 heteroatoms. The molecule has 0 amide bonds. The maximum atomic E-state index is 6.21. The summed E-state index contributed by atoms with van der Waals surface area (Å²) in [6.45, 7) is 0.636. The molecule has 0 fully saturated rings. The number of hydrogen-bond donors (Lipinski definition) is 1. The minimum absolute atomic E-state index is 0.636.